The maximum Gasteiger partial charge on any atom is 0.253 e. The van der Waals surface area contributed by atoms with Gasteiger partial charge in [0, 0.05) is 12.6 Å². The number of nitriles is 1. The van der Waals surface area contributed by atoms with Crippen molar-refractivity contribution in [2.24, 2.45) is 0 Å². The molecule has 1 heterocycles. The van der Waals surface area contributed by atoms with Crippen LogP contribution in [0.2, 0.25) is 0 Å². The van der Waals surface area contributed by atoms with Gasteiger partial charge in [-0.3, -0.25) is 4.79 Å². The molecule has 0 aliphatic carbocycles. The van der Waals surface area contributed by atoms with Crippen LogP contribution in [0.1, 0.15) is 15.9 Å². The fourth-order valence-electron chi connectivity index (χ4n) is 2.48. The standard InChI is InChI=1S/C18H16N2O3/c1-20(18(21)14-6-4-5-13(9-14)10-19)11-15-12-22-16-7-2-3-8-17(16)23-15/h2-9,15H,11-12H2,1H3/t15-/m1/s1. The molecule has 0 unspecified atom stereocenters. The average Bonchev–Trinajstić information content (AvgIpc) is 2.61. The molecule has 116 valence electrons. The number of carbonyl (C=O) groups is 1. The van der Waals surface area contributed by atoms with E-state index in [0.29, 0.717) is 30.0 Å². The van der Waals surface area contributed by atoms with Crippen molar-refractivity contribution in [2.45, 2.75) is 6.10 Å². The van der Waals surface area contributed by atoms with Crippen LogP contribution in [0, 0.1) is 11.3 Å². The zero-order chi connectivity index (χ0) is 16.2. The molecule has 0 saturated heterocycles. The van der Waals surface area contributed by atoms with Gasteiger partial charge in [-0.25, -0.2) is 0 Å². The highest BCUT2D eigenvalue weighted by Gasteiger charge is 2.24. The largest absolute Gasteiger partial charge is 0.486 e. The maximum atomic E-state index is 12.5. The predicted octanol–water partition coefficient (Wildman–Crippen LogP) is 2.47. The first-order chi connectivity index (χ1) is 11.2. The molecule has 5 heteroatoms. The van der Waals surface area contributed by atoms with Gasteiger partial charge in [-0.1, -0.05) is 18.2 Å². The Morgan fingerprint density at radius 1 is 1.26 bits per heavy atom. The maximum absolute atomic E-state index is 12.5. The van der Waals surface area contributed by atoms with Crippen molar-refractivity contribution in [2.75, 3.05) is 20.2 Å². The van der Waals surface area contributed by atoms with Crippen LogP contribution in [0.5, 0.6) is 11.5 Å². The molecule has 3 rings (SSSR count). The minimum absolute atomic E-state index is 0.149. The fraction of sp³-hybridized carbons (Fsp3) is 0.222. The molecule has 5 nitrogen and oxygen atoms in total. The van der Waals surface area contributed by atoms with Gasteiger partial charge in [-0.15, -0.1) is 0 Å². The summed E-state index contributed by atoms with van der Waals surface area (Å²) in [4.78, 5) is 14.0. The summed E-state index contributed by atoms with van der Waals surface area (Å²) in [6, 6.07) is 16.2. The van der Waals surface area contributed by atoms with E-state index in [1.165, 1.54) is 0 Å². The Kier molecular flexibility index (Phi) is 4.15. The van der Waals surface area contributed by atoms with Gasteiger partial charge >= 0.3 is 0 Å². The Morgan fingerprint density at radius 3 is 2.83 bits per heavy atom. The molecular formula is C18H16N2O3. The third-order valence-corrected chi connectivity index (χ3v) is 3.63. The first-order valence-electron chi connectivity index (χ1n) is 7.31. The fourth-order valence-corrected chi connectivity index (χ4v) is 2.48. The van der Waals surface area contributed by atoms with Crippen molar-refractivity contribution in [1.82, 2.24) is 4.90 Å². The van der Waals surface area contributed by atoms with Crippen LogP contribution in [0.15, 0.2) is 48.5 Å². The molecule has 2 aromatic rings. The van der Waals surface area contributed by atoms with E-state index < -0.39 is 0 Å². The minimum atomic E-state index is -0.224. The highest BCUT2D eigenvalue weighted by Crippen LogP contribution is 2.31. The number of ether oxygens (including phenoxy) is 2. The van der Waals surface area contributed by atoms with Gasteiger partial charge in [0.1, 0.15) is 6.61 Å². The molecule has 0 radical (unpaired) electrons. The summed E-state index contributed by atoms with van der Waals surface area (Å²) in [7, 11) is 1.71. The van der Waals surface area contributed by atoms with Crippen molar-refractivity contribution in [3.63, 3.8) is 0 Å². The lowest BCUT2D eigenvalue weighted by Gasteiger charge is -2.29. The van der Waals surface area contributed by atoms with Crippen molar-refractivity contribution in [1.29, 1.82) is 5.26 Å². The Labute approximate surface area is 134 Å². The third-order valence-electron chi connectivity index (χ3n) is 3.63. The number of rotatable bonds is 3. The zero-order valence-electron chi connectivity index (χ0n) is 12.7. The van der Waals surface area contributed by atoms with Crippen LogP contribution < -0.4 is 9.47 Å². The molecule has 0 bridgehead atoms. The number of amides is 1. The van der Waals surface area contributed by atoms with E-state index in [0.717, 1.165) is 5.75 Å². The van der Waals surface area contributed by atoms with Crippen LogP contribution >= 0.6 is 0 Å². The molecule has 0 fully saturated rings. The Bertz CT molecular complexity index is 767. The number of fused-ring (bicyclic) bond motifs is 1. The summed E-state index contributed by atoms with van der Waals surface area (Å²) < 4.78 is 11.5. The van der Waals surface area contributed by atoms with Gasteiger partial charge in [0.2, 0.25) is 0 Å². The van der Waals surface area contributed by atoms with Gasteiger partial charge in [-0.05, 0) is 30.3 Å². The molecule has 1 aliphatic heterocycles. The lowest BCUT2D eigenvalue weighted by molar-refractivity contribution is 0.0521. The smallest absolute Gasteiger partial charge is 0.253 e. The van der Waals surface area contributed by atoms with Crippen LogP contribution in [0.4, 0.5) is 0 Å². The molecule has 1 atom stereocenters. The summed E-state index contributed by atoms with van der Waals surface area (Å²) in [6.45, 7) is 0.802. The number of nitrogens with zero attached hydrogens (tertiary/aromatic N) is 2. The first-order valence-corrected chi connectivity index (χ1v) is 7.31. The number of carbonyl (C=O) groups excluding carboxylic acids is 1. The van der Waals surface area contributed by atoms with Crippen molar-refractivity contribution in [3.05, 3.63) is 59.7 Å². The van der Waals surface area contributed by atoms with Gasteiger partial charge in [-0.2, -0.15) is 5.26 Å². The second kappa shape index (κ2) is 6.41. The normalized spacial score (nSPS) is 15.6. The van der Waals surface area contributed by atoms with Crippen LogP contribution in [0.3, 0.4) is 0 Å². The van der Waals surface area contributed by atoms with E-state index in [4.69, 9.17) is 14.7 Å². The summed E-state index contributed by atoms with van der Waals surface area (Å²) in [5.74, 6) is 1.26. The highest BCUT2D eigenvalue weighted by molar-refractivity contribution is 5.94. The van der Waals surface area contributed by atoms with E-state index in [1.54, 1.807) is 36.2 Å². The van der Waals surface area contributed by atoms with Crippen LogP contribution in [0.25, 0.3) is 0 Å². The summed E-state index contributed by atoms with van der Waals surface area (Å²) >= 11 is 0. The van der Waals surface area contributed by atoms with E-state index in [9.17, 15) is 4.79 Å². The summed E-state index contributed by atoms with van der Waals surface area (Å²) in [5, 5.41) is 8.93. The topological polar surface area (TPSA) is 62.6 Å². The highest BCUT2D eigenvalue weighted by atomic mass is 16.6. The summed E-state index contributed by atoms with van der Waals surface area (Å²) in [6.07, 6.45) is -0.224. The molecule has 1 amide bonds. The van der Waals surface area contributed by atoms with Crippen LogP contribution in [-0.4, -0.2) is 37.1 Å². The second-order valence-electron chi connectivity index (χ2n) is 5.38. The van der Waals surface area contributed by atoms with Gasteiger partial charge in [0.15, 0.2) is 17.6 Å². The minimum Gasteiger partial charge on any atom is -0.486 e. The zero-order valence-corrected chi connectivity index (χ0v) is 12.7. The van der Waals surface area contributed by atoms with E-state index in [-0.39, 0.29) is 12.0 Å². The first kappa shape index (κ1) is 14.9. The SMILES string of the molecule is CN(C[C@@H]1COc2ccccc2O1)C(=O)c1cccc(C#N)c1. The average molecular weight is 308 g/mol. The Hall–Kier alpha value is -3.00. The lowest BCUT2D eigenvalue weighted by Crippen LogP contribution is -2.41. The predicted molar refractivity (Wildman–Crippen MR) is 84.5 cm³/mol. The molecule has 0 saturated carbocycles. The van der Waals surface area contributed by atoms with Crippen LogP contribution in [-0.2, 0) is 0 Å². The number of para-hydroxylation sites is 2. The van der Waals surface area contributed by atoms with Crippen molar-refractivity contribution < 1.29 is 14.3 Å². The molecule has 2 aromatic carbocycles. The summed E-state index contributed by atoms with van der Waals surface area (Å²) in [5.41, 5.74) is 0.958. The number of hydrogen-bond acceptors (Lipinski definition) is 4. The third kappa shape index (κ3) is 3.27. The van der Waals surface area contributed by atoms with Crippen molar-refractivity contribution in [3.8, 4) is 17.6 Å². The Balaban J connectivity index is 1.66. The van der Waals surface area contributed by atoms with E-state index in [2.05, 4.69) is 0 Å². The molecule has 1 aliphatic rings. The molecule has 0 aromatic heterocycles. The van der Waals surface area contributed by atoms with E-state index in [1.807, 2.05) is 30.3 Å². The number of hydrogen-bond donors (Lipinski definition) is 0. The van der Waals surface area contributed by atoms with Gasteiger partial charge in [0.25, 0.3) is 5.91 Å². The quantitative estimate of drug-likeness (QED) is 0.874. The second-order valence-corrected chi connectivity index (χ2v) is 5.38. The molecule has 0 spiro atoms. The van der Waals surface area contributed by atoms with Crippen molar-refractivity contribution >= 4 is 5.91 Å². The number of likely N-dealkylation sites (N-methyl/N-ethyl adjacent to an activating group) is 1. The van der Waals surface area contributed by atoms with Gasteiger partial charge in [0.05, 0.1) is 18.2 Å². The number of benzene rings is 2. The lowest BCUT2D eigenvalue weighted by atomic mass is 10.1. The van der Waals surface area contributed by atoms with Gasteiger partial charge < -0.3 is 14.4 Å². The Morgan fingerprint density at radius 2 is 2.04 bits per heavy atom. The molecular weight excluding hydrogens is 292 g/mol. The molecule has 0 N–H and O–H groups in total. The van der Waals surface area contributed by atoms with E-state index >= 15 is 0 Å². The molecule has 23 heavy (non-hydrogen) atoms. The monoisotopic (exact) mass is 308 g/mol.